The van der Waals surface area contributed by atoms with Crippen LogP contribution in [0.3, 0.4) is 0 Å². The summed E-state index contributed by atoms with van der Waals surface area (Å²) in [6.07, 6.45) is 0. The van der Waals surface area contributed by atoms with E-state index in [2.05, 4.69) is 24.3 Å². The van der Waals surface area contributed by atoms with Crippen LogP contribution in [-0.4, -0.2) is 33.3 Å². The van der Waals surface area contributed by atoms with Crippen LogP contribution < -0.4 is 20.6 Å². The molecular formula is C40H34N4O4S2. The molecule has 0 atom stereocenters. The Morgan fingerprint density at radius 3 is 1.36 bits per heavy atom. The highest BCUT2D eigenvalue weighted by molar-refractivity contribution is 7.98. The minimum Gasteiger partial charge on any atom is -0.495 e. The molecule has 0 aliphatic rings. The Hall–Kier alpha value is -5.32. The van der Waals surface area contributed by atoms with Crippen LogP contribution in [-0.2, 0) is 11.5 Å². The minimum absolute atomic E-state index is 0.140. The number of fused-ring (bicyclic) bond motifs is 2. The maximum Gasteiger partial charge on any atom is 0.266 e. The summed E-state index contributed by atoms with van der Waals surface area (Å²) in [4.78, 5) is 37.5. The van der Waals surface area contributed by atoms with E-state index in [-0.39, 0.29) is 11.1 Å². The second kappa shape index (κ2) is 14.3. The topological polar surface area (TPSA) is 88.2 Å². The largest absolute Gasteiger partial charge is 0.495 e. The molecule has 0 aliphatic carbocycles. The normalized spacial score (nSPS) is 11.3. The molecule has 8 nitrogen and oxygen atoms in total. The molecule has 0 fully saturated rings. The summed E-state index contributed by atoms with van der Waals surface area (Å²) < 4.78 is 14.6. The van der Waals surface area contributed by atoms with E-state index in [9.17, 15) is 9.59 Å². The Morgan fingerprint density at radius 2 is 0.960 bits per heavy atom. The molecule has 250 valence electrons. The number of aromatic nitrogens is 4. The molecule has 2 aromatic heterocycles. The monoisotopic (exact) mass is 698 g/mol. The van der Waals surface area contributed by atoms with E-state index in [0.717, 1.165) is 22.3 Å². The van der Waals surface area contributed by atoms with Crippen LogP contribution in [0.1, 0.15) is 22.3 Å². The van der Waals surface area contributed by atoms with Crippen LogP contribution in [0.5, 0.6) is 11.5 Å². The molecule has 0 bridgehead atoms. The zero-order valence-electron chi connectivity index (χ0n) is 28.0. The van der Waals surface area contributed by atoms with E-state index < -0.39 is 0 Å². The van der Waals surface area contributed by atoms with Crippen molar-refractivity contribution < 1.29 is 9.47 Å². The van der Waals surface area contributed by atoms with E-state index in [1.54, 1.807) is 35.5 Å². The van der Waals surface area contributed by atoms with Crippen molar-refractivity contribution in [2.45, 2.75) is 35.7 Å². The van der Waals surface area contributed by atoms with Gasteiger partial charge in [-0.15, -0.1) is 0 Å². The Kier molecular flexibility index (Phi) is 9.47. The summed E-state index contributed by atoms with van der Waals surface area (Å²) in [6, 6.07) is 34.8. The van der Waals surface area contributed by atoms with Gasteiger partial charge in [0.05, 0.1) is 47.4 Å². The zero-order chi connectivity index (χ0) is 34.8. The Bertz CT molecular complexity index is 2320. The second-order valence-corrected chi connectivity index (χ2v) is 13.7. The smallest absolute Gasteiger partial charge is 0.266 e. The number of hydrogen-bond donors (Lipinski definition) is 0. The number of ether oxygens (including phenoxy) is 2. The van der Waals surface area contributed by atoms with Gasteiger partial charge >= 0.3 is 0 Å². The molecule has 0 N–H and O–H groups in total. The van der Waals surface area contributed by atoms with Crippen LogP contribution in [0.15, 0.2) is 129 Å². The lowest BCUT2D eigenvalue weighted by Crippen LogP contribution is -2.22. The predicted molar refractivity (Wildman–Crippen MR) is 203 cm³/mol. The first-order valence-electron chi connectivity index (χ1n) is 16.0. The number of para-hydroxylation sites is 2. The highest BCUT2D eigenvalue weighted by Crippen LogP contribution is 2.32. The molecule has 7 aromatic rings. The quantitative estimate of drug-likeness (QED) is 0.104. The number of rotatable bonds is 10. The Balaban J connectivity index is 1.16. The molecular weight excluding hydrogens is 665 g/mol. The summed E-state index contributed by atoms with van der Waals surface area (Å²) >= 11 is 3.01. The fourth-order valence-electron chi connectivity index (χ4n) is 5.82. The molecule has 0 spiro atoms. The molecule has 50 heavy (non-hydrogen) atoms. The van der Waals surface area contributed by atoms with Crippen molar-refractivity contribution in [3.63, 3.8) is 0 Å². The van der Waals surface area contributed by atoms with Gasteiger partial charge in [0, 0.05) is 11.5 Å². The van der Waals surface area contributed by atoms with Gasteiger partial charge in [-0.1, -0.05) is 84.2 Å². The average Bonchev–Trinajstić information content (AvgIpc) is 3.13. The average molecular weight is 699 g/mol. The standard InChI is InChI=1S/C40H34N4O4S2/c1-25-13-19-35(47-3)33(21-25)43-37(45)29-9-5-7-11-31(29)41-39(43)49-23-27-15-17-28(18-16-27)24-50-40-42-32-12-8-6-10-30(32)38(46)44(40)34-22-26(2)14-20-36(34)48-4/h5-22H,23-24H2,1-4H3. The van der Waals surface area contributed by atoms with Crippen LogP contribution in [0, 0.1) is 13.8 Å². The first kappa shape index (κ1) is 33.2. The molecule has 0 aliphatic heterocycles. The lowest BCUT2D eigenvalue weighted by molar-refractivity contribution is 0.411. The van der Waals surface area contributed by atoms with Gasteiger partial charge in [-0.2, -0.15) is 0 Å². The maximum absolute atomic E-state index is 13.9. The summed E-state index contributed by atoms with van der Waals surface area (Å²) in [5.41, 5.74) is 6.54. The fourth-order valence-corrected chi connectivity index (χ4v) is 7.74. The molecule has 0 amide bonds. The summed E-state index contributed by atoms with van der Waals surface area (Å²) in [6.45, 7) is 3.98. The van der Waals surface area contributed by atoms with Crippen molar-refractivity contribution in [3.05, 3.63) is 152 Å². The van der Waals surface area contributed by atoms with Crippen molar-refractivity contribution in [1.29, 1.82) is 0 Å². The molecule has 7 rings (SSSR count). The lowest BCUT2D eigenvalue weighted by Gasteiger charge is -2.17. The first-order valence-corrected chi connectivity index (χ1v) is 18.0. The van der Waals surface area contributed by atoms with Gasteiger partial charge in [-0.05, 0) is 84.6 Å². The van der Waals surface area contributed by atoms with Gasteiger partial charge in [-0.25, -0.2) is 9.97 Å². The van der Waals surface area contributed by atoms with Gasteiger partial charge in [-0.3, -0.25) is 18.7 Å². The van der Waals surface area contributed by atoms with E-state index in [1.165, 1.54) is 23.5 Å². The van der Waals surface area contributed by atoms with Gasteiger partial charge < -0.3 is 9.47 Å². The first-order chi connectivity index (χ1) is 24.3. The molecule has 0 unspecified atom stereocenters. The summed E-state index contributed by atoms with van der Waals surface area (Å²) in [5, 5.41) is 2.28. The maximum atomic E-state index is 13.9. The van der Waals surface area contributed by atoms with Crippen LogP contribution >= 0.6 is 23.5 Å². The van der Waals surface area contributed by atoms with Gasteiger partial charge in [0.1, 0.15) is 11.5 Å². The van der Waals surface area contributed by atoms with Gasteiger partial charge in [0.2, 0.25) is 0 Å². The number of hydrogen-bond acceptors (Lipinski definition) is 8. The van der Waals surface area contributed by atoms with Gasteiger partial charge in [0.15, 0.2) is 10.3 Å². The van der Waals surface area contributed by atoms with Crippen molar-refractivity contribution in [1.82, 2.24) is 19.1 Å². The van der Waals surface area contributed by atoms with E-state index in [1.807, 2.05) is 86.6 Å². The molecule has 2 heterocycles. The molecule has 5 aromatic carbocycles. The third-order valence-electron chi connectivity index (χ3n) is 8.40. The predicted octanol–water partition coefficient (Wildman–Crippen LogP) is 8.30. The van der Waals surface area contributed by atoms with Crippen molar-refractivity contribution in [2.24, 2.45) is 0 Å². The molecule has 0 radical (unpaired) electrons. The number of benzene rings is 5. The van der Waals surface area contributed by atoms with Crippen molar-refractivity contribution in [3.8, 4) is 22.9 Å². The van der Waals surface area contributed by atoms with Crippen LogP contribution in [0.4, 0.5) is 0 Å². The molecule has 0 saturated heterocycles. The number of aryl methyl sites for hydroxylation is 2. The SMILES string of the molecule is COc1ccc(C)cc1-n1c(SCc2ccc(CSc3nc4ccccc4c(=O)n3-c3cc(C)ccc3OC)cc2)nc2ccccc2c1=O. The Labute approximate surface area is 297 Å². The number of methoxy groups -OCH3 is 2. The minimum atomic E-state index is -0.140. The summed E-state index contributed by atoms with van der Waals surface area (Å²) in [7, 11) is 3.21. The highest BCUT2D eigenvalue weighted by atomic mass is 32.2. The number of thioether (sulfide) groups is 2. The zero-order valence-corrected chi connectivity index (χ0v) is 29.7. The highest BCUT2D eigenvalue weighted by Gasteiger charge is 2.19. The molecule has 0 saturated carbocycles. The van der Waals surface area contributed by atoms with Crippen LogP contribution in [0.25, 0.3) is 33.2 Å². The lowest BCUT2D eigenvalue weighted by atomic mass is 10.2. The summed E-state index contributed by atoms with van der Waals surface area (Å²) in [5.74, 6) is 2.41. The number of nitrogens with zero attached hydrogens (tertiary/aromatic N) is 4. The van der Waals surface area contributed by atoms with Crippen LogP contribution in [0.2, 0.25) is 0 Å². The third-order valence-corrected chi connectivity index (χ3v) is 10.4. The third kappa shape index (κ3) is 6.51. The molecule has 10 heteroatoms. The van der Waals surface area contributed by atoms with E-state index in [0.29, 0.717) is 66.5 Å². The van der Waals surface area contributed by atoms with Gasteiger partial charge in [0.25, 0.3) is 11.1 Å². The second-order valence-electron chi connectivity index (χ2n) is 11.8. The van der Waals surface area contributed by atoms with E-state index >= 15 is 0 Å². The van der Waals surface area contributed by atoms with Crippen molar-refractivity contribution in [2.75, 3.05) is 14.2 Å². The fraction of sp³-hybridized carbons (Fsp3) is 0.150. The van der Waals surface area contributed by atoms with Crippen molar-refractivity contribution >= 4 is 45.3 Å². The van der Waals surface area contributed by atoms with E-state index in [4.69, 9.17) is 19.4 Å². The Morgan fingerprint density at radius 1 is 0.560 bits per heavy atom.